The van der Waals surface area contributed by atoms with Crippen molar-refractivity contribution in [2.45, 2.75) is 39.2 Å². The lowest BCUT2D eigenvalue weighted by molar-refractivity contribution is -0.126. The Balaban J connectivity index is 1.61. The van der Waals surface area contributed by atoms with Gasteiger partial charge in [0, 0.05) is 6.54 Å². The molecule has 114 valence electrons. The number of rotatable bonds is 6. The van der Waals surface area contributed by atoms with E-state index in [-0.39, 0.29) is 17.9 Å². The summed E-state index contributed by atoms with van der Waals surface area (Å²) in [6, 6.07) is -0.320. The van der Waals surface area contributed by atoms with Gasteiger partial charge in [0.15, 0.2) is 0 Å². The minimum atomic E-state index is -0.320. The summed E-state index contributed by atoms with van der Waals surface area (Å²) in [7, 11) is 0. The van der Waals surface area contributed by atoms with E-state index in [9.17, 15) is 4.79 Å². The van der Waals surface area contributed by atoms with Crippen molar-refractivity contribution in [1.29, 1.82) is 0 Å². The van der Waals surface area contributed by atoms with Crippen molar-refractivity contribution in [3.8, 4) is 0 Å². The van der Waals surface area contributed by atoms with Gasteiger partial charge in [0.05, 0.1) is 0 Å². The predicted octanol–water partition coefficient (Wildman–Crippen LogP) is 1.59. The fraction of sp³-hybridized carbons (Fsp3) is 0.733. The van der Waals surface area contributed by atoms with Gasteiger partial charge in [-0.05, 0) is 46.9 Å². The van der Waals surface area contributed by atoms with Crippen LogP contribution < -0.4 is 5.32 Å². The molecule has 0 aliphatic heterocycles. The lowest BCUT2D eigenvalue weighted by Crippen LogP contribution is -2.39. The molecular weight excluding hydrogens is 266 g/mol. The Labute approximate surface area is 125 Å². The second kappa shape index (κ2) is 5.95. The van der Waals surface area contributed by atoms with E-state index in [0.29, 0.717) is 11.8 Å². The van der Waals surface area contributed by atoms with Crippen molar-refractivity contribution < 1.29 is 4.79 Å². The molecular formula is C15H23N5O. The topological polar surface area (TPSA) is 72.7 Å². The lowest BCUT2D eigenvalue weighted by Gasteiger charge is -2.24. The number of nitrogens with one attached hydrogen (secondary N) is 1. The van der Waals surface area contributed by atoms with E-state index in [1.165, 1.54) is 19.2 Å². The zero-order chi connectivity index (χ0) is 14.8. The van der Waals surface area contributed by atoms with Crippen LogP contribution in [0.1, 0.15) is 39.2 Å². The summed E-state index contributed by atoms with van der Waals surface area (Å²) in [6.45, 7) is 4.90. The molecule has 2 aliphatic carbocycles. The summed E-state index contributed by atoms with van der Waals surface area (Å²) in [5, 5.41) is 14.3. The normalized spacial score (nSPS) is 29.5. The summed E-state index contributed by atoms with van der Waals surface area (Å²) in [4.78, 5) is 12.6. The molecule has 1 aromatic rings. The zero-order valence-corrected chi connectivity index (χ0v) is 12.6. The number of hydrogen-bond donors (Lipinski definition) is 1. The highest BCUT2D eigenvalue weighted by molar-refractivity contribution is 5.80. The second-order valence-electron chi connectivity index (χ2n) is 6.41. The van der Waals surface area contributed by atoms with Gasteiger partial charge in [-0.3, -0.25) is 4.79 Å². The first-order valence-electron chi connectivity index (χ1n) is 7.87. The first kappa shape index (κ1) is 14.2. The van der Waals surface area contributed by atoms with Crippen LogP contribution in [0, 0.1) is 23.7 Å². The Hall–Kier alpha value is -1.72. The standard InChI is InChI=1S/C15H23N5O/c1-3-10(2)14(20-9-17-18-19-20)15(21)16-8-13-7-11-4-5-12(13)6-11/h4-5,9-14H,3,6-8H2,1-2H3,(H,16,21)/t10-,11-,12-,13-,14-/m0/s1. The van der Waals surface area contributed by atoms with Crippen LogP contribution in [0.25, 0.3) is 0 Å². The quantitative estimate of drug-likeness (QED) is 0.807. The molecule has 0 unspecified atom stereocenters. The summed E-state index contributed by atoms with van der Waals surface area (Å²) >= 11 is 0. The highest BCUT2D eigenvalue weighted by atomic mass is 16.2. The second-order valence-corrected chi connectivity index (χ2v) is 6.41. The van der Waals surface area contributed by atoms with Crippen LogP contribution in [0.4, 0.5) is 0 Å². The maximum absolute atomic E-state index is 12.6. The van der Waals surface area contributed by atoms with Crippen molar-refractivity contribution >= 4 is 5.91 Å². The molecule has 1 fully saturated rings. The van der Waals surface area contributed by atoms with Crippen LogP contribution in [0.2, 0.25) is 0 Å². The van der Waals surface area contributed by atoms with E-state index < -0.39 is 0 Å². The van der Waals surface area contributed by atoms with E-state index >= 15 is 0 Å². The summed E-state index contributed by atoms with van der Waals surface area (Å²) in [5.41, 5.74) is 0. The third-order valence-electron chi connectivity index (χ3n) is 5.06. The van der Waals surface area contributed by atoms with Crippen molar-refractivity contribution in [1.82, 2.24) is 25.5 Å². The fourth-order valence-corrected chi connectivity index (χ4v) is 3.62. The Morgan fingerprint density at radius 3 is 2.86 bits per heavy atom. The Morgan fingerprint density at radius 2 is 2.29 bits per heavy atom. The van der Waals surface area contributed by atoms with Gasteiger partial charge in [-0.1, -0.05) is 32.4 Å². The van der Waals surface area contributed by atoms with Crippen LogP contribution in [0.15, 0.2) is 18.5 Å². The van der Waals surface area contributed by atoms with Gasteiger partial charge in [0.25, 0.3) is 0 Å². The van der Waals surface area contributed by atoms with Gasteiger partial charge in [-0.15, -0.1) is 5.10 Å². The van der Waals surface area contributed by atoms with Gasteiger partial charge in [0.1, 0.15) is 12.4 Å². The maximum Gasteiger partial charge on any atom is 0.245 e. The van der Waals surface area contributed by atoms with Crippen LogP contribution >= 0.6 is 0 Å². The molecule has 3 rings (SSSR count). The molecule has 1 N–H and O–H groups in total. The number of aromatic nitrogens is 4. The molecule has 0 aromatic carbocycles. The highest BCUT2D eigenvalue weighted by Gasteiger charge is 2.36. The van der Waals surface area contributed by atoms with Gasteiger partial charge in [-0.25, -0.2) is 4.68 Å². The zero-order valence-electron chi connectivity index (χ0n) is 12.6. The minimum Gasteiger partial charge on any atom is -0.354 e. The van der Waals surface area contributed by atoms with E-state index in [0.717, 1.165) is 18.9 Å². The largest absolute Gasteiger partial charge is 0.354 e. The van der Waals surface area contributed by atoms with E-state index in [1.807, 2.05) is 0 Å². The summed E-state index contributed by atoms with van der Waals surface area (Å²) < 4.78 is 1.57. The Kier molecular flexibility index (Phi) is 4.03. The minimum absolute atomic E-state index is 0.0309. The van der Waals surface area contributed by atoms with Crippen molar-refractivity contribution in [2.24, 2.45) is 23.7 Å². The predicted molar refractivity (Wildman–Crippen MR) is 78.2 cm³/mol. The molecule has 1 amide bonds. The molecule has 5 atom stereocenters. The van der Waals surface area contributed by atoms with Crippen molar-refractivity contribution in [2.75, 3.05) is 6.54 Å². The first-order chi connectivity index (χ1) is 10.2. The summed E-state index contributed by atoms with van der Waals surface area (Å²) in [6.07, 6.45) is 9.55. The number of tetrazole rings is 1. The maximum atomic E-state index is 12.6. The fourth-order valence-electron chi connectivity index (χ4n) is 3.62. The lowest BCUT2D eigenvalue weighted by atomic mass is 9.93. The molecule has 1 heterocycles. The molecule has 6 heteroatoms. The van der Waals surface area contributed by atoms with Gasteiger partial charge in [0.2, 0.25) is 5.91 Å². The smallest absolute Gasteiger partial charge is 0.245 e. The van der Waals surface area contributed by atoms with Crippen molar-refractivity contribution in [3.05, 3.63) is 18.5 Å². The highest BCUT2D eigenvalue weighted by Crippen LogP contribution is 2.43. The molecule has 1 aromatic heterocycles. The van der Waals surface area contributed by atoms with Gasteiger partial charge >= 0.3 is 0 Å². The number of carbonyl (C=O) groups is 1. The van der Waals surface area contributed by atoms with E-state index in [4.69, 9.17) is 0 Å². The monoisotopic (exact) mass is 289 g/mol. The molecule has 6 nitrogen and oxygen atoms in total. The Bertz CT molecular complexity index is 512. The van der Waals surface area contributed by atoms with Crippen molar-refractivity contribution in [3.63, 3.8) is 0 Å². The van der Waals surface area contributed by atoms with Crippen LogP contribution in [-0.4, -0.2) is 32.7 Å². The first-order valence-corrected chi connectivity index (χ1v) is 7.87. The number of carbonyl (C=O) groups excluding carboxylic acids is 1. The Morgan fingerprint density at radius 1 is 1.43 bits per heavy atom. The SMILES string of the molecule is CC[C@H](C)[C@@H](C(=O)NC[C@@H]1C[C@H]2C=C[C@H]1C2)n1cnnn1. The van der Waals surface area contributed by atoms with Crippen LogP contribution in [0.5, 0.6) is 0 Å². The van der Waals surface area contributed by atoms with E-state index in [2.05, 4.69) is 46.8 Å². The molecule has 2 bridgehead atoms. The molecule has 1 saturated carbocycles. The third kappa shape index (κ3) is 2.84. The number of hydrogen-bond acceptors (Lipinski definition) is 4. The summed E-state index contributed by atoms with van der Waals surface area (Å²) in [5.74, 6) is 2.22. The van der Waals surface area contributed by atoms with E-state index in [1.54, 1.807) is 4.68 Å². The number of allylic oxidation sites excluding steroid dienone is 2. The number of fused-ring (bicyclic) bond motifs is 2. The average Bonchev–Trinajstić information content (AvgIpc) is 3.22. The molecule has 2 aliphatic rings. The molecule has 0 spiro atoms. The molecule has 21 heavy (non-hydrogen) atoms. The molecule has 0 radical (unpaired) electrons. The van der Waals surface area contributed by atoms with Gasteiger partial charge < -0.3 is 5.32 Å². The van der Waals surface area contributed by atoms with Crippen LogP contribution in [0.3, 0.4) is 0 Å². The number of amides is 1. The average molecular weight is 289 g/mol. The third-order valence-corrected chi connectivity index (χ3v) is 5.06. The molecule has 0 saturated heterocycles. The van der Waals surface area contributed by atoms with Crippen LogP contribution in [-0.2, 0) is 4.79 Å². The number of nitrogens with zero attached hydrogens (tertiary/aromatic N) is 4. The van der Waals surface area contributed by atoms with Gasteiger partial charge in [-0.2, -0.15) is 0 Å².